The van der Waals surface area contributed by atoms with Gasteiger partial charge >= 0.3 is 0 Å². The van der Waals surface area contributed by atoms with Crippen LogP contribution in [0, 0.1) is 0 Å². The molecule has 0 spiro atoms. The molecule has 0 radical (unpaired) electrons. The topological polar surface area (TPSA) is 178 Å². The molecule has 13 heteroatoms. The van der Waals surface area contributed by atoms with Crippen molar-refractivity contribution in [3.8, 4) is 0 Å². The highest BCUT2D eigenvalue weighted by molar-refractivity contribution is 5.91. The van der Waals surface area contributed by atoms with Gasteiger partial charge in [0.1, 0.15) is 11.5 Å². The molecule has 1 aliphatic heterocycles. The lowest BCUT2D eigenvalue weighted by Gasteiger charge is -2.31. The molecule has 0 bridgehead atoms. The van der Waals surface area contributed by atoms with Crippen molar-refractivity contribution in [3.63, 3.8) is 0 Å². The molecule has 0 amide bonds. The van der Waals surface area contributed by atoms with E-state index in [1.54, 1.807) is 31.0 Å². The molecular weight excluding hydrogens is 388 g/mol. The molecule has 6 heterocycles. The van der Waals surface area contributed by atoms with Crippen LogP contribution in [0.1, 0.15) is 34.6 Å². The Bertz CT molecular complexity index is 1220. The number of aromatic amines is 5. The summed E-state index contributed by atoms with van der Waals surface area (Å²) in [4.78, 5) is 10.9. The minimum absolute atomic E-state index is 0.330. The fourth-order valence-electron chi connectivity index (χ4n) is 3.94. The Morgan fingerprint density at radius 3 is 2.67 bits per heavy atom. The maximum Gasteiger partial charge on any atom is 0.225 e. The Morgan fingerprint density at radius 1 is 1.00 bits per heavy atom. The molecule has 0 saturated heterocycles. The zero-order valence-electron chi connectivity index (χ0n) is 15.2. The first-order valence-electron chi connectivity index (χ1n) is 9.04. The van der Waals surface area contributed by atoms with Crippen LogP contribution < -0.4 is 0 Å². The molecular formula is C17H14N12O. The van der Waals surface area contributed by atoms with Crippen LogP contribution >= 0.6 is 0 Å². The predicted octanol–water partition coefficient (Wildman–Crippen LogP) is 0.718. The summed E-state index contributed by atoms with van der Waals surface area (Å²) in [5.74, 6) is 0.966. The Morgan fingerprint density at radius 2 is 2.00 bits per heavy atom. The Balaban J connectivity index is 1.70. The van der Waals surface area contributed by atoms with E-state index in [-0.39, 0.29) is 0 Å². The first kappa shape index (κ1) is 16.4. The second kappa shape index (κ2) is 6.23. The van der Waals surface area contributed by atoms with E-state index in [9.17, 15) is 0 Å². The second-order valence-corrected chi connectivity index (χ2v) is 6.64. The van der Waals surface area contributed by atoms with E-state index in [4.69, 9.17) is 4.74 Å². The molecule has 0 saturated carbocycles. The molecule has 6 rings (SSSR count). The number of ether oxygens (including phenoxy) is 1. The molecule has 148 valence electrons. The smallest absolute Gasteiger partial charge is 0.225 e. The van der Waals surface area contributed by atoms with Crippen LogP contribution in [0.2, 0.25) is 0 Å². The van der Waals surface area contributed by atoms with Crippen LogP contribution in [-0.4, -0.2) is 61.2 Å². The van der Waals surface area contributed by atoms with Crippen LogP contribution in [0.15, 0.2) is 49.2 Å². The lowest BCUT2D eigenvalue weighted by molar-refractivity contribution is 0.0702. The van der Waals surface area contributed by atoms with Gasteiger partial charge in [-0.05, 0) is 23.4 Å². The minimum Gasteiger partial charge on any atom is -0.469 e. The van der Waals surface area contributed by atoms with Crippen molar-refractivity contribution in [1.82, 2.24) is 61.2 Å². The van der Waals surface area contributed by atoms with Crippen molar-refractivity contribution in [1.29, 1.82) is 0 Å². The van der Waals surface area contributed by atoms with Crippen LogP contribution in [0.3, 0.4) is 0 Å². The van der Waals surface area contributed by atoms with Gasteiger partial charge in [0.2, 0.25) is 11.4 Å². The van der Waals surface area contributed by atoms with Crippen LogP contribution in [0.25, 0.3) is 11.3 Å². The van der Waals surface area contributed by atoms with Gasteiger partial charge in [-0.25, -0.2) is 4.98 Å². The summed E-state index contributed by atoms with van der Waals surface area (Å²) in [6.45, 7) is 0. The molecule has 2 unspecified atom stereocenters. The zero-order valence-corrected chi connectivity index (χ0v) is 15.2. The SMILES string of the molecule is c1c[nH]c(C2(c3nn[nH]n3)OC(c3ccn[nH]3)=C(c3ncc[nH]3)C2c2cn[nH]n2)c1. The van der Waals surface area contributed by atoms with E-state index in [0.29, 0.717) is 28.8 Å². The third kappa shape index (κ3) is 2.19. The van der Waals surface area contributed by atoms with Crippen LogP contribution in [0.5, 0.6) is 0 Å². The van der Waals surface area contributed by atoms with Crippen molar-refractivity contribution in [2.75, 3.05) is 0 Å². The molecule has 30 heavy (non-hydrogen) atoms. The average molecular weight is 402 g/mol. The van der Waals surface area contributed by atoms with Gasteiger partial charge in [0.25, 0.3) is 0 Å². The number of rotatable bonds is 5. The Hall–Kier alpha value is -4.55. The van der Waals surface area contributed by atoms with E-state index in [0.717, 1.165) is 11.3 Å². The van der Waals surface area contributed by atoms with E-state index in [1.807, 2.05) is 18.2 Å². The molecule has 5 N–H and O–H groups in total. The zero-order chi connectivity index (χ0) is 20.0. The van der Waals surface area contributed by atoms with Crippen molar-refractivity contribution >= 4 is 11.3 Å². The van der Waals surface area contributed by atoms with Gasteiger partial charge in [0, 0.05) is 24.8 Å². The maximum absolute atomic E-state index is 6.71. The van der Waals surface area contributed by atoms with Crippen molar-refractivity contribution in [2.45, 2.75) is 11.5 Å². The monoisotopic (exact) mass is 402 g/mol. The van der Waals surface area contributed by atoms with Gasteiger partial charge in [-0.3, -0.25) is 5.10 Å². The number of H-pyrrole nitrogens is 5. The molecule has 5 aromatic rings. The summed E-state index contributed by atoms with van der Waals surface area (Å²) in [7, 11) is 0. The molecule has 13 nitrogen and oxygen atoms in total. The third-order valence-corrected chi connectivity index (χ3v) is 5.11. The van der Waals surface area contributed by atoms with Crippen molar-refractivity contribution in [3.05, 3.63) is 77.9 Å². The van der Waals surface area contributed by atoms with Crippen LogP contribution in [-0.2, 0) is 10.3 Å². The summed E-state index contributed by atoms with van der Waals surface area (Å²) in [6.07, 6.45) is 8.52. The molecule has 0 aromatic carbocycles. The maximum atomic E-state index is 6.71. The molecule has 1 aliphatic rings. The fraction of sp³-hybridized carbons (Fsp3) is 0.118. The van der Waals surface area contributed by atoms with Gasteiger partial charge in [-0.1, -0.05) is 0 Å². The standard InChI is InChI=1S/C17H14N12O/c1-2-11(18-4-1)17(16-25-28-29-26-16)13(10-8-22-27-24-10)12(15-19-6-7-20-15)14(30-17)9-3-5-21-23-9/h1-8,13,18H,(H,19,20)(H,21,23)(H,22,24,27)(H,25,26,28,29). The number of hydrogen-bond donors (Lipinski definition) is 5. The first-order valence-corrected chi connectivity index (χ1v) is 9.04. The number of hydrogen-bond acceptors (Lipinski definition) is 8. The van der Waals surface area contributed by atoms with Gasteiger partial charge in [-0.15, -0.1) is 10.2 Å². The highest BCUT2D eigenvalue weighted by Gasteiger charge is 2.59. The molecule has 0 aliphatic carbocycles. The second-order valence-electron chi connectivity index (χ2n) is 6.64. The number of imidazole rings is 1. The van der Waals surface area contributed by atoms with Crippen LogP contribution in [0.4, 0.5) is 0 Å². The van der Waals surface area contributed by atoms with Gasteiger partial charge < -0.3 is 14.7 Å². The Kier molecular flexibility index (Phi) is 3.41. The number of nitrogens with zero attached hydrogens (tertiary/aromatic N) is 7. The highest BCUT2D eigenvalue weighted by Crippen LogP contribution is 2.58. The lowest BCUT2D eigenvalue weighted by atomic mass is 9.78. The average Bonchev–Trinajstić information content (AvgIpc) is 3.62. The van der Waals surface area contributed by atoms with E-state index in [2.05, 4.69) is 61.2 Å². The summed E-state index contributed by atoms with van der Waals surface area (Å²) >= 11 is 0. The summed E-state index contributed by atoms with van der Waals surface area (Å²) in [5.41, 5.74) is 1.55. The predicted molar refractivity (Wildman–Crippen MR) is 99.9 cm³/mol. The number of tetrazole rings is 1. The normalized spacial score (nSPS) is 21.3. The fourth-order valence-corrected chi connectivity index (χ4v) is 3.94. The largest absolute Gasteiger partial charge is 0.469 e. The molecule has 5 aromatic heterocycles. The summed E-state index contributed by atoms with van der Waals surface area (Å²) in [6, 6.07) is 5.60. The van der Waals surface area contributed by atoms with Crippen molar-refractivity contribution < 1.29 is 4.74 Å². The lowest BCUT2D eigenvalue weighted by Crippen LogP contribution is -2.36. The van der Waals surface area contributed by atoms with E-state index >= 15 is 0 Å². The minimum atomic E-state index is -1.21. The van der Waals surface area contributed by atoms with Gasteiger partial charge in [0.15, 0.2) is 5.76 Å². The van der Waals surface area contributed by atoms with E-state index < -0.39 is 11.5 Å². The molecule has 2 atom stereocenters. The summed E-state index contributed by atoms with van der Waals surface area (Å²) in [5, 5.41) is 33.0. The van der Waals surface area contributed by atoms with Gasteiger partial charge in [0.05, 0.1) is 29.1 Å². The first-order chi connectivity index (χ1) is 14.9. The third-order valence-electron chi connectivity index (χ3n) is 5.11. The number of nitrogens with one attached hydrogen (secondary N) is 5. The number of aromatic nitrogens is 12. The summed E-state index contributed by atoms with van der Waals surface area (Å²) < 4.78 is 6.71. The molecule has 0 fully saturated rings. The van der Waals surface area contributed by atoms with Crippen molar-refractivity contribution in [2.24, 2.45) is 0 Å². The Labute approximate surface area is 167 Å². The van der Waals surface area contributed by atoms with Gasteiger partial charge in [-0.2, -0.15) is 25.7 Å². The highest BCUT2D eigenvalue weighted by atomic mass is 16.5. The quantitative estimate of drug-likeness (QED) is 0.285. The van der Waals surface area contributed by atoms with E-state index in [1.165, 1.54) is 0 Å².